The molecule has 0 saturated heterocycles. The Morgan fingerprint density at radius 3 is 2.61 bits per heavy atom. The van der Waals surface area contributed by atoms with Gasteiger partial charge in [-0.15, -0.1) is 0 Å². The maximum atomic E-state index is 13.9. The zero-order chi connectivity index (χ0) is 17.6. The molecule has 2 atom stereocenters. The van der Waals surface area contributed by atoms with Crippen LogP contribution in [-0.4, -0.2) is 42.3 Å². The first-order chi connectivity index (χ1) is 10.5. The highest BCUT2D eigenvalue weighted by atomic mass is 32.2. The second-order valence-corrected chi connectivity index (χ2v) is 8.31. The molecule has 1 N–H and O–H groups in total. The second-order valence-electron chi connectivity index (χ2n) is 5.99. The van der Waals surface area contributed by atoms with Crippen molar-refractivity contribution in [3.8, 4) is 11.8 Å². The van der Waals surface area contributed by atoms with Gasteiger partial charge in [0.25, 0.3) is 0 Å². The zero-order valence-corrected chi connectivity index (χ0v) is 14.2. The number of aliphatic hydroxyl groups is 1. The molecule has 1 aromatic rings. The van der Waals surface area contributed by atoms with Crippen LogP contribution in [0.5, 0.6) is 5.75 Å². The van der Waals surface area contributed by atoms with Gasteiger partial charge < -0.3 is 9.84 Å². The lowest BCUT2D eigenvalue weighted by atomic mass is 9.86. The van der Waals surface area contributed by atoms with Crippen molar-refractivity contribution in [3.05, 3.63) is 29.1 Å². The summed E-state index contributed by atoms with van der Waals surface area (Å²) in [6, 6.07) is 3.03. The molecule has 1 aromatic carbocycles. The first-order valence-corrected chi connectivity index (χ1v) is 8.72. The third kappa shape index (κ3) is 2.92. The molecular weight excluding hydrogens is 323 g/mol. The average molecular weight is 342 g/mol. The zero-order valence-electron chi connectivity index (χ0n) is 13.4. The average Bonchev–Trinajstić information content (AvgIpc) is 2.47. The van der Waals surface area contributed by atoms with Crippen LogP contribution in [0.25, 0.3) is 0 Å². The molecule has 0 fully saturated rings. The van der Waals surface area contributed by atoms with Gasteiger partial charge in [0.15, 0.2) is 0 Å². The Morgan fingerprint density at radius 2 is 2.09 bits per heavy atom. The first kappa shape index (κ1) is 17.7. The van der Waals surface area contributed by atoms with Gasteiger partial charge in [0.1, 0.15) is 29.3 Å². The highest BCUT2D eigenvalue weighted by Gasteiger charge is 2.47. The van der Waals surface area contributed by atoms with Gasteiger partial charge in [-0.3, -0.25) is 0 Å². The lowest BCUT2D eigenvalue weighted by Crippen LogP contribution is -2.54. The number of rotatable bonds is 3. The third-order valence-electron chi connectivity index (χ3n) is 4.12. The standard InChI is InChI=1S/C15H19FN2O4S/c1-5-23(20,21)18(4)13-10-6-9(8-17)11(16)7-12(10)22-15(2,3)14(13)19/h6-7,13-14,19H,5H2,1-4H3/t13-,14+/m0/s1. The van der Waals surface area contributed by atoms with Crippen LogP contribution in [0.1, 0.15) is 37.9 Å². The Kier molecular flexibility index (Phi) is 4.41. The fourth-order valence-electron chi connectivity index (χ4n) is 2.64. The van der Waals surface area contributed by atoms with Gasteiger partial charge in [0.2, 0.25) is 10.0 Å². The summed E-state index contributed by atoms with van der Waals surface area (Å²) >= 11 is 0. The van der Waals surface area contributed by atoms with Gasteiger partial charge in [0, 0.05) is 18.7 Å². The minimum Gasteiger partial charge on any atom is -0.485 e. The number of ether oxygens (including phenoxy) is 1. The number of halogens is 1. The number of benzene rings is 1. The Morgan fingerprint density at radius 1 is 1.48 bits per heavy atom. The fourth-order valence-corrected chi connectivity index (χ4v) is 3.62. The predicted octanol–water partition coefficient (Wildman–Crippen LogP) is 1.55. The van der Waals surface area contributed by atoms with E-state index in [1.54, 1.807) is 19.9 Å². The molecule has 0 spiro atoms. The van der Waals surface area contributed by atoms with Crippen molar-refractivity contribution >= 4 is 10.0 Å². The van der Waals surface area contributed by atoms with E-state index in [1.807, 2.05) is 0 Å². The summed E-state index contributed by atoms with van der Waals surface area (Å²) in [5.74, 6) is -0.770. The summed E-state index contributed by atoms with van der Waals surface area (Å²) in [5.41, 5.74) is -1.07. The van der Waals surface area contributed by atoms with Crippen LogP contribution in [0, 0.1) is 17.1 Å². The van der Waals surface area contributed by atoms with Crippen molar-refractivity contribution in [1.29, 1.82) is 5.26 Å². The van der Waals surface area contributed by atoms with E-state index in [4.69, 9.17) is 10.00 Å². The molecule has 0 amide bonds. The van der Waals surface area contributed by atoms with Crippen LogP contribution < -0.4 is 4.74 Å². The van der Waals surface area contributed by atoms with Crippen LogP contribution in [0.15, 0.2) is 12.1 Å². The summed E-state index contributed by atoms with van der Waals surface area (Å²) in [6.07, 6.45) is -1.18. The van der Waals surface area contributed by atoms with E-state index >= 15 is 0 Å². The monoisotopic (exact) mass is 342 g/mol. The summed E-state index contributed by atoms with van der Waals surface area (Å²) < 4.78 is 45.0. The van der Waals surface area contributed by atoms with Gasteiger partial charge in [-0.25, -0.2) is 12.8 Å². The molecule has 1 aliphatic heterocycles. The van der Waals surface area contributed by atoms with Crippen molar-refractivity contribution in [2.45, 2.75) is 38.5 Å². The van der Waals surface area contributed by atoms with Crippen LogP contribution in [0.4, 0.5) is 4.39 Å². The van der Waals surface area contributed by atoms with Gasteiger partial charge in [-0.2, -0.15) is 9.57 Å². The molecule has 6 nitrogen and oxygen atoms in total. The number of nitrogens with zero attached hydrogens (tertiary/aromatic N) is 2. The van der Waals surface area contributed by atoms with Crippen molar-refractivity contribution in [1.82, 2.24) is 4.31 Å². The Hall–Kier alpha value is -1.69. The maximum Gasteiger partial charge on any atom is 0.214 e. The number of likely N-dealkylation sites (N-methyl/N-ethyl adjacent to an activating group) is 1. The molecule has 0 aromatic heterocycles. The molecule has 8 heteroatoms. The molecule has 0 saturated carbocycles. The summed E-state index contributed by atoms with van der Waals surface area (Å²) in [5, 5.41) is 19.6. The molecule has 2 rings (SSSR count). The number of sulfonamides is 1. The maximum absolute atomic E-state index is 13.9. The molecule has 23 heavy (non-hydrogen) atoms. The van der Waals surface area contributed by atoms with Crippen molar-refractivity contribution in [2.75, 3.05) is 12.8 Å². The first-order valence-electron chi connectivity index (χ1n) is 7.11. The minimum atomic E-state index is -3.61. The molecule has 1 heterocycles. The number of hydrogen-bond acceptors (Lipinski definition) is 5. The van der Waals surface area contributed by atoms with Crippen molar-refractivity contribution < 1.29 is 22.7 Å². The minimum absolute atomic E-state index is 0.125. The van der Waals surface area contributed by atoms with Crippen LogP contribution in [-0.2, 0) is 10.0 Å². The molecule has 0 radical (unpaired) electrons. The van der Waals surface area contributed by atoms with E-state index < -0.39 is 33.6 Å². The lowest BCUT2D eigenvalue weighted by Gasteiger charge is -2.44. The third-order valence-corrected chi connectivity index (χ3v) is 5.95. The van der Waals surface area contributed by atoms with E-state index in [2.05, 4.69) is 0 Å². The second kappa shape index (κ2) is 5.74. The van der Waals surface area contributed by atoms with Crippen molar-refractivity contribution in [3.63, 3.8) is 0 Å². The molecule has 126 valence electrons. The summed E-state index contributed by atoms with van der Waals surface area (Å²) in [6.45, 7) is 4.68. The Labute approximate surface area is 135 Å². The van der Waals surface area contributed by atoms with Gasteiger partial charge in [-0.05, 0) is 26.8 Å². The Bertz CT molecular complexity index is 770. The van der Waals surface area contributed by atoms with Crippen molar-refractivity contribution in [2.24, 2.45) is 0 Å². The number of fused-ring (bicyclic) bond motifs is 1. The highest BCUT2D eigenvalue weighted by molar-refractivity contribution is 7.89. The normalized spacial score (nSPS) is 23.0. The highest BCUT2D eigenvalue weighted by Crippen LogP contribution is 2.44. The smallest absolute Gasteiger partial charge is 0.214 e. The van der Waals surface area contributed by atoms with E-state index in [0.29, 0.717) is 0 Å². The van der Waals surface area contributed by atoms with Gasteiger partial charge >= 0.3 is 0 Å². The Balaban J connectivity index is 2.69. The van der Waals surface area contributed by atoms with E-state index in [1.165, 1.54) is 20.0 Å². The number of hydrogen-bond donors (Lipinski definition) is 1. The van der Waals surface area contributed by atoms with Crippen LogP contribution in [0.3, 0.4) is 0 Å². The van der Waals surface area contributed by atoms with Gasteiger partial charge in [0.05, 0.1) is 17.4 Å². The molecule has 0 aliphatic carbocycles. The topological polar surface area (TPSA) is 90.6 Å². The fraction of sp³-hybridized carbons (Fsp3) is 0.533. The van der Waals surface area contributed by atoms with E-state index in [0.717, 1.165) is 10.4 Å². The molecule has 1 aliphatic rings. The largest absolute Gasteiger partial charge is 0.485 e. The summed E-state index contributed by atoms with van der Waals surface area (Å²) in [4.78, 5) is 0. The van der Waals surface area contributed by atoms with Gasteiger partial charge in [-0.1, -0.05) is 0 Å². The SMILES string of the molecule is CCS(=O)(=O)N(C)[C@H]1c2cc(C#N)c(F)cc2OC(C)(C)[C@@H]1O. The van der Waals surface area contributed by atoms with E-state index in [9.17, 15) is 17.9 Å². The molecule has 0 bridgehead atoms. The predicted molar refractivity (Wildman–Crippen MR) is 81.8 cm³/mol. The lowest BCUT2D eigenvalue weighted by molar-refractivity contribution is -0.0765. The van der Waals surface area contributed by atoms with Crippen LogP contribution >= 0.6 is 0 Å². The van der Waals surface area contributed by atoms with Crippen LogP contribution in [0.2, 0.25) is 0 Å². The molecule has 0 unspecified atom stereocenters. The summed E-state index contributed by atoms with van der Waals surface area (Å²) in [7, 11) is -2.26. The number of aliphatic hydroxyl groups excluding tert-OH is 1. The molecular formula is C15H19FN2O4S. The van der Waals surface area contributed by atoms with E-state index in [-0.39, 0.29) is 22.6 Å². The quantitative estimate of drug-likeness (QED) is 0.900. The number of nitriles is 1.